The fourth-order valence-corrected chi connectivity index (χ4v) is 5.23. The molecular weight excluding hydrogens is 547 g/mol. The van der Waals surface area contributed by atoms with E-state index in [2.05, 4.69) is 20.3 Å². The monoisotopic (exact) mass is 580 g/mol. The van der Waals surface area contributed by atoms with E-state index in [0.717, 1.165) is 34.2 Å². The number of benzene rings is 2. The largest absolute Gasteiger partial charge is 0.350 e. The van der Waals surface area contributed by atoms with E-state index in [4.69, 9.17) is 0 Å². The van der Waals surface area contributed by atoms with Crippen molar-refractivity contribution in [1.82, 2.24) is 29.4 Å². The summed E-state index contributed by atoms with van der Waals surface area (Å²) in [5.41, 5.74) is 3.45. The van der Waals surface area contributed by atoms with E-state index in [1.165, 1.54) is 6.07 Å². The van der Waals surface area contributed by atoms with Crippen LogP contribution in [0.3, 0.4) is 0 Å². The third-order valence-electron chi connectivity index (χ3n) is 7.63. The van der Waals surface area contributed by atoms with Gasteiger partial charge in [0.05, 0.1) is 17.8 Å². The first kappa shape index (κ1) is 28.3. The molecule has 1 amide bonds. The summed E-state index contributed by atoms with van der Waals surface area (Å²) >= 11 is 0. The number of fused-ring (bicyclic) bond motifs is 1. The molecule has 0 saturated heterocycles. The maximum Gasteiger partial charge on any atom is 0.333 e. The van der Waals surface area contributed by atoms with Crippen molar-refractivity contribution in [2.45, 2.75) is 59.2 Å². The minimum Gasteiger partial charge on any atom is -0.350 e. The summed E-state index contributed by atoms with van der Waals surface area (Å²) in [6.45, 7) is 6.01. The molecule has 1 saturated carbocycles. The second kappa shape index (κ2) is 11.4. The summed E-state index contributed by atoms with van der Waals surface area (Å²) in [5.74, 6) is 0.251. The van der Waals surface area contributed by atoms with Gasteiger partial charge in [-0.3, -0.25) is 23.7 Å². The molecular formula is C33H33FN6O3. The lowest BCUT2D eigenvalue weighted by Gasteiger charge is -2.13. The molecule has 9 nitrogen and oxygen atoms in total. The van der Waals surface area contributed by atoms with Crippen LogP contribution in [0.25, 0.3) is 22.4 Å². The topological polar surface area (TPSA) is 115 Å². The first-order valence-electron chi connectivity index (χ1n) is 14.5. The number of nitrogens with one attached hydrogen (secondary N) is 2. The maximum absolute atomic E-state index is 14.4. The van der Waals surface area contributed by atoms with Crippen molar-refractivity contribution in [3.05, 3.63) is 116 Å². The smallest absolute Gasteiger partial charge is 0.333 e. The predicted molar refractivity (Wildman–Crippen MR) is 163 cm³/mol. The average molecular weight is 581 g/mol. The fourth-order valence-electron chi connectivity index (χ4n) is 5.23. The summed E-state index contributed by atoms with van der Waals surface area (Å²) in [6, 6.07) is 17.4. The van der Waals surface area contributed by atoms with Crippen LogP contribution in [0.4, 0.5) is 4.39 Å². The third-order valence-corrected chi connectivity index (χ3v) is 7.63. The van der Waals surface area contributed by atoms with Gasteiger partial charge < -0.3 is 10.3 Å². The Hall–Kier alpha value is -4.86. The van der Waals surface area contributed by atoms with Crippen LogP contribution in [0, 0.1) is 18.7 Å². The Morgan fingerprint density at radius 3 is 2.47 bits per heavy atom. The lowest BCUT2D eigenvalue weighted by atomic mass is 10.0. The van der Waals surface area contributed by atoms with Gasteiger partial charge in [0.1, 0.15) is 17.2 Å². The molecule has 2 N–H and O–H groups in total. The molecule has 220 valence electrons. The zero-order valence-electron chi connectivity index (χ0n) is 24.4. The number of H-pyrrole nitrogens is 1. The molecule has 1 aliphatic rings. The van der Waals surface area contributed by atoms with Crippen molar-refractivity contribution in [2.75, 3.05) is 0 Å². The molecule has 1 fully saturated rings. The highest BCUT2D eigenvalue weighted by Crippen LogP contribution is 2.31. The van der Waals surface area contributed by atoms with Gasteiger partial charge in [-0.1, -0.05) is 42.5 Å². The zero-order valence-corrected chi connectivity index (χ0v) is 24.4. The van der Waals surface area contributed by atoms with Gasteiger partial charge in [-0.05, 0) is 63.3 Å². The number of hydrogen-bond acceptors (Lipinski definition) is 5. The Morgan fingerprint density at radius 1 is 1.02 bits per heavy atom. The molecule has 0 unspecified atom stereocenters. The summed E-state index contributed by atoms with van der Waals surface area (Å²) in [7, 11) is 0. The van der Waals surface area contributed by atoms with Crippen molar-refractivity contribution < 1.29 is 9.18 Å². The number of aryl methyl sites for hydroxylation is 1. The minimum atomic E-state index is -0.526. The number of aromatic amines is 1. The van der Waals surface area contributed by atoms with Crippen LogP contribution in [0.2, 0.25) is 0 Å². The second-order valence-corrected chi connectivity index (χ2v) is 11.6. The second-order valence-electron chi connectivity index (χ2n) is 11.6. The van der Waals surface area contributed by atoms with Crippen LogP contribution in [0.5, 0.6) is 0 Å². The van der Waals surface area contributed by atoms with Crippen molar-refractivity contribution in [2.24, 2.45) is 5.92 Å². The number of carbonyl (C=O) groups is 1. The summed E-state index contributed by atoms with van der Waals surface area (Å²) in [5, 5.41) is 2.93. The number of nitrogens with zero attached hydrogens (tertiary/aromatic N) is 4. The number of amides is 1. The normalized spacial score (nSPS) is 13.1. The molecule has 2 aromatic carbocycles. The first-order chi connectivity index (χ1) is 20.7. The number of carbonyl (C=O) groups excluding carboxylic acids is 1. The SMILES string of the molecule is Cc1ccc(C(=O)NC(C)C)c(-c2ccc(Cc3nc4c([nH]3)c(=O)n(Cc3ccccc3F)c(=O)n4CC3CC3)cc2)n1. The van der Waals surface area contributed by atoms with Crippen molar-refractivity contribution in [3.63, 3.8) is 0 Å². The fraction of sp³-hybridized carbons (Fsp3) is 0.303. The predicted octanol–water partition coefficient (Wildman–Crippen LogP) is 4.58. The van der Waals surface area contributed by atoms with Gasteiger partial charge in [0, 0.05) is 35.8 Å². The van der Waals surface area contributed by atoms with Crippen LogP contribution < -0.4 is 16.6 Å². The lowest BCUT2D eigenvalue weighted by molar-refractivity contribution is 0.0943. The maximum atomic E-state index is 14.4. The quantitative estimate of drug-likeness (QED) is 0.265. The van der Waals surface area contributed by atoms with E-state index in [1.807, 2.05) is 51.1 Å². The van der Waals surface area contributed by atoms with Gasteiger partial charge in [0.25, 0.3) is 11.5 Å². The van der Waals surface area contributed by atoms with Crippen LogP contribution in [-0.2, 0) is 19.5 Å². The van der Waals surface area contributed by atoms with Gasteiger partial charge in [-0.25, -0.2) is 14.2 Å². The summed E-state index contributed by atoms with van der Waals surface area (Å²) < 4.78 is 17.1. The van der Waals surface area contributed by atoms with Gasteiger partial charge in [0.15, 0.2) is 5.65 Å². The van der Waals surface area contributed by atoms with E-state index in [1.54, 1.807) is 28.8 Å². The van der Waals surface area contributed by atoms with Gasteiger partial charge >= 0.3 is 5.69 Å². The van der Waals surface area contributed by atoms with E-state index < -0.39 is 17.1 Å². The number of hydrogen-bond donors (Lipinski definition) is 2. The van der Waals surface area contributed by atoms with Crippen LogP contribution in [0.1, 0.15) is 59.7 Å². The van der Waals surface area contributed by atoms with Crippen molar-refractivity contribution >= 4 is 17.1 Å². The van der Waals surface area contributed by atoms with Gasteiger partial charge in [-0.2, -0.15) is 0 Å². The number of imidazole rings is 1. The highest BCUT2D eigenvalue weighted by molar-refractivity contribution is 6.00. The lowest BCUT2D eigenvalue weighted by Crippen LogP contribution is -2.40. The third kappa shape index (κ3) is 5.90. The Balaban J connectivity index is 1.33. The number of aromatic nitrogens is 5. The molecule has 0 radical (unpaired) electrons. The highest BCUT2D eigenvalue weighted by Gasteiger charge is 2.26. The van der Waals surface area contributed by atoms with Crippen molar-refractivity contribution in [3.8, 4) is 11.3 Å². The number of pyridine rings is 1. The van der Waals surface area contributed by atoms with E-state index >= 15 is 0 Å². The molecule has 5 aromatic rings. The Labute approximate surface area is 247 Å². The Kier molecular flexibility index (Phi) is 7.52. The van der Waals surface area contributed by atoms with Crippen LogP contribution in [-0.4, -0.2) is 36.0 Å². The molecule has 0 spiro atoms. The van der Waals surface area contributed by atoms with Crippen molar-refractivity contribution in [1.29, 1.82) is 0 Å². The molecule has 3 heterocycles. The molecule has 0 atom stereocenters. The summed E-state index contributed by atoms with van der Waals surface area (Å²) in [6.07, 6.45) is 2.42. The molecule has 1 aliphatic carbocycles. The van der Waals surface area contributed by atoms with Gasteiger partial charge in [-0.15, -0.1) is 0 Å². The Morgan fingerprint density at radius 2 is 1.77 bits per heavy atom. The standard InChI is InChI=1S/C33H33FN6O3/c1-19(2)35-31(41)25-15-8-20(3)36-28(25)23-13-11-21(12-14-23)16-27-37-29-30(38-27)39(17-22-9-10-22)33(43)40(32(29)42)18-24-6-4-5-7-26(24)34/h4-8,11-15,19,22H,9-10,16-18H2,1-3H3,(H,35,41)(H,37,38). The van der Waals surface area contributed by atoms with E-state index in [0.29, 0.717) is 41.6 Å². The first-order valence-corrected chi connectivity index (χ1v) is 14.5. The van der Waals surface area contributed by atoms with Crippen LogP contribution in [0.15, 0.2) is 70.3 Å². The average Bonchev–Trinajstić information content (AvgIpc) is 3.71. The van der Waals surface area contributed by atoms with Crippen LogP contribution >= 0.6 is 0 Å². The Bertz CT molecular complexity index is 1950. The number of rotatable bonds is 9. The molecule has 3 aromatic heterocycles. The van der Waals surface area contributed by atoms with Gasteiger partial charge in [0.2, 0.25) is 0 Å². The minimum absolute atomic E-state index is 0.00268. The molecule has 0 bridgehead atoms. The molecule has 0 aliphatic heterocycles. The number of halogens is 1. The molecule has 43 heavy (non-hydrogen) atoms. The van der Waals surface area contributed by atoms with E-state index in [9.17, 15) is 18.8 Å². The zero-order chi connectivity index (χ0) is 30.2. The molecule has 10 heteroatoms. The van der Waals surface area contributed by atoms with E-state index in [-0.39, 0.29) is 29.6 Å². The molecule has 6 rings (SSSR count). The highest BCUT2D eigenvalue weighted by atomic mass is 19.1. The summed E-state index contributed by atoms with van der Waals surface area (Å²) in [4.78, 5) is 52.3.